The number of thiol groups is 1. The monoisotopic (exact) mass is 276 g/mol. The zero-order valence-corrected chi connectivity index (χ0v) is 11.2. The van der Waals surface area contributed by atoms with E-state index in [9.17, 15) is 4.57 Å². The second-order valence-corrected chi connectivity index (χ2v) is 5.42. The molecular formula is C11H17O4PS. The summed E-state index contributed by atoms with van der Waals surface area (Å²) >= 11 is 4.19. The van der Waals surface area contributed by atoms with Crippen LogP contribution in [0.15, 0.2) is 30.3 Å². The van der Waals surface area contributed by atoms with Gasteiger partial charge in [0.25, 0.3) is 0 Å². The van der Waals surface area contributed by atoms with Crippen LogP contribution in [0.25, 0.3) is 0 Å². The van der Waals surface area contributed by atoms with Gasteiger partial charge in [0.2, 0.25) is 0 Å². The molecule has 1 rings (SSSR count). The van der Waals surface area contributed by atoms with E-state index in [1.807, 2.05) is 30.3 Å². The summed E-state index contributed by atoms with van der Waals surface area (Å²) in [7, 11) is -4.35. The quantitative estimate of drug-likeness (QED) is 0.529. The smallest absolute Gasteiger partial charge is 0.303 e. The minimum Gasteiger partial charge on any atom is -0.303 e. The number of hydrogen-bond donors (Lipinski definition) is 3. The largest absolute Gasteiger partial charge is 0.469 e. The first kappa shape index (κ1) is 14.7. The average Bonchev–Trinajstić information content (AvgIpc) is 2.27. The Morgan fingerprint density at radius 3 is 2.41 bits per heavy atom. The first-order valence-corrected chi connectivity index (χ1v) is 7.55. The van der Waals surface area contributed by atoms with Crippen LogP contribution < -0.4 is 0 Å². The minimum atomic E-state index is -4.35. The highest BCUT2D eigenvalue weighted by Crippen LogP contribution is 2.37. The van der Waals surface area contributed by atoms with Crippen LogP contribution in [0, 0.1) is 0 Å². The van der Waals surface area contributed by atoms with E-state index in [0.717, 1.165) is 17.7 Å². The molecule has 0 aliphatic rings. The molecule has 1 aromatic rings. The molecular weight excluding hydrogens is 259 g/mol. The van der Waals surface area contributed by atoms with Crippen molar-refractivity contribution in [2.75, 3.05) is 12.4 Å². The van der Waals surface area contributed by atoms with Crippen molar-refractivity contribution in [2.45, 2.75) is 18.8 Å². The van der Waals surface area contributed by atoms with Gasteiger partial charge >= 0.3 is 7.82 Å². The molecule has 0 fully saturated rings. The van der Waals surface area contributed by atoms with Crippen LogP contribution in [-0.2, 0) is 9.09 Å². The van der Waals surface area contributed by atoms with Crippen LogP contribution in [0.1, 0.15) is 24.3 Å². The van der Waals surface area contributed by atoms with E-state index in [2.05, 4.69) is 17.2 Å². The second-order valence-electron chi connectivity index (χ2n) is 3.73. The standard InChI is InChI=1S/C11H17O4PS/c12-16(13,14)15-8-6-11(7-9-17)10-4-2-1-3-5-10/h1-5,11,17H,6-9H2,(H2,12,13,14). The Bertz CT molecular complexity index is 365. The lowest BCUT2D eigenvalue weighted by Gasteiger charge is -2.16. The second kappa shape index (κ2) is 7.19. The Hall–Kier alpha value is -0.320. The fraction of sp³-hybridized carbons (Fsp3) is 0.455. The lowest BCUT2D eigenvalue weighted by Crippen LogP contribution is -2.04. The van der Waals surface area contributed by atoms with E-state index in [4.69, 9.17) is 9.79 Å². The molecule has 1 unspecified atom stereocenters. The summed E-state index contributed by atoms with van der Waals surface area (Å²) in [5, 5.41) is 0. The first-order chi connectivity index (χ1) is 8.03. The number of rotatable bonds is 7. The van der Waals surface area contributed by atoms with E-state index in [-0.39, 0.29) is 12.5 Å². The maximum atomic E-state index is 10.6. The predicted octanol–water partition coefficient (Wildman–Crippen LogP) is 2.59. The molecule has 0 aromatic heterocycles. The maximum absolute atomic E-state index is 10.6. The average molecular weight is 276 g/mol. The Morgan fingerprint density at radius 2 is 1.88 bits per heavy atom. The molecule has 0 radical (unpaired) electrons. The van der Waals surface area contributed by atoms with Crippen molar-refractivity contribution >= 4 is 20.5 Å². The van der Waals surface area contributed by atoms with Gasteiger partial charge < -0.3 is 9.79 Å². The third-order valence-electron chi connectivity index (χ3n) is 2.47. The third kappa shape index (κ3) is 6.24. The number of hydrogen-bond acceptors (Lipinski definition) is 3. The molecule has 0 bridgehead atoms. The normalized spacial score (nSPS) is 13.6. The highest BCUT2D eigenvalue weighted by Gasteiger charge is 2.16. The zero-order valence-electron chi connectivity index (χ0n) is 9.40. The van der Waals surface area contributed by atoms with Crippen LogP contribution in [-0.4, -0.2) is 22.1 Å². The van der Waals surface area contributed by atoms with Gasteiger partial charge in [0.15, 0.2) is 0 Å². The van der Waals surface area contributed by atoms with Crippen molar-refractivity contribution in [1.29, 1.82) is 0 Å². The SMILES string of the molecule is O=P(O)(O)OCCC(CCS)c1ccccc1. The summed E-state index contributed by atoms with van der Waals surface area (Å²) in [6.07, 6.45) is 1.44. The predicted molar refractivity (Wildman–Crippen MR) is 70.3 cm³/mol. The van der Waals surface area contributed by atoms with Gasteiger partial charge in [-0.05, 0) is 30.1 Å². The third-order valence-corrected chi connectivity index (χ3v) is 3.25. The highest BCUT2D eigenvalue weighted by atomic mass is 32.1. The van der Waals surface area contributed by atoms with E-state index in [1.165, 1.54) is 0 Å². The van der Waals surface area contributed by atoms with Crippen molar-refractivity contribution in [1.82, 2.24) is 0 Å². The van der Waals surface area contributed by atoms with Crippen molar-refractivity contribution in [3.63, 3.8) is 0 Å². The molecule has 0 saturated carbocycles. The molecule has 0 aliphatic carbocycles. The van der Waals surface area contributed by atoms with Crippen LogP contribution in [0.4, 0.5) is 0 Å². The molecule has 4 nitrogen and oxygen atoms in total. The fourth-order valence-electron chi connectivity index (χ4n) is 1.67. The summed E-state index contributed by atoms with van der Waals surface area (Å²) in [5.74, 6) is 0.954. The van der Waals surface area contributed by atoms with Crippen LogP contribution >= 0.6 is 20.5 Å². The molecule has 2 N–H and O–H groups in total. The summed E-state index contributed by atoms with van der Waals surface area (Å²) < 4.78 is 15.0. The van der Waals surface area contributed by atoms with Gasteiger partial charge in [0, 0.05) is 0 Å². The molecule has 17 heavy (non-hydrogen) atoms. The van der Waals surface area contributed by atoms with Gasteiger partial charge in [0.05, 0.1) is 6.61 Å². The summed E-state index contributed by atoms with van der Waals surface area (Å²) in [4.78, 5) is 17.2. The molecule has 0 amide bonds. The zero-order chi connectivity index (χ0) is 12.7. The van der Waals surface area contributed by atoms with Crippen LogP contribution in [0.3, 0.4) is 0 Å². The molecule has 6 heteroatoms. The van der Waals surface area contributed by atoms with E-state index < -0.39 is 7.82 Å². The minimum absolute atomic E-state index is 0.0532. The molecule has 0 spiro atoms. The Balaban J connectivity index is 2.53. The Kier molecular flexibility index (Phi) is 6.23. The van der Waals surface area contributed by atoms with Crippen molar-refractivity contribution in [3.05, 3.63) is 35.9 Å². The molecule has 1 atom stereocenters. The fourth-order valence-corrected chi connectivity index (χ4v) is 2.33. The van der Waals surface area contributed by atoms with Gasteiger partial charge in [-0.25, -0.2) is 4.57 Å². The van der Waals surface area contributed by atoms with Gasteiger partial charge in [-0.1, -0.05) is 30.3 Å². The van der Waals surface area contributed by atoms with Gasteiger partial charge in [0.1, 0.15) is 0 Å². The summed E-state index contributed by atoms with van der Waals surface area (Å²) in [6, 6.07) is 9.85. The molecule has 0 saturated heterocycles. The van der Waals surface area contributed by atoms with Crippen molar-refractivity contribution in [2.24, 2.45) is 0 Å². The van der Waals surface area contributed by atoms with Gasteiger partial charge in [-0.15, -0.1) is 0 Å². The van der Waals surface area contributed by atoms with E-state index >= 15 is 0 Å². The van der Waals surface area contributed by atoms with E-state index in [0.29, 0.717) is 6.42 Å². The van der Waals surface area contributed by atoms with Crippen LogP contribution in [0.5, 0.6) is 0 Å². The highest BCUT2D eigenvalue weighted by molar-refractivity contribution is 7.80. The molecule has 1 aromatic carbocycles. The maximum Gasteiger partial charge on any atom is 0.469 e. The summed E-state index contributed by atoms with van der Waals surface area (Å²) in [6.45, 7) is 0.0532. The van der Waals surface area contributed by atoms with Crippen LogP contribution in [0.2, 0.25) is 0 Å². The number of benzene rings is 1. The van der Waals surface area contributed by atoms with Gasteiger partial charge in [-0.3, -0.25) is 4.52 Å². The Labute approximate surface area is 107 Å². The molecule has 0 heterocycles. The first-order valence-electron chi connectivity index (χ1n) is 5.39. The number of phosphoric acid groups is 1. The molecule has 96 valence electrons. The van der Waals surface area contributed by atoms with Gasteiger partial charge in [-0.2, -0.15) is 12.6 Å². The van der Waals surface area contributed by atoms with E-state index in [1.54, 1.807) is 0 Å². The Morgan fingerprint density at radius 1 is 1.24 bits per heavy atom. The lowest BCUT2D eigenvalue weighted by molar-refractivity contribution is 0.190. The summed E-state index contributed by atoms with van der Waals surface area (Å²) in [5.41, 5.74) is 1.15. The van der Waals surface area contributed by atoms with Crippen molar-refractivity contribution in [3.8, 4) is 0 Å². The lowest BCUT2D eigenvalue weighted by atomic mass is 9.94. The topological polar surface area (TPSA) is 66.8 Å². The van der Waals surface area contributed by atoms with Crippen molar-refractivity contribution < 1.29 is 18.9 Å². The number of phosphoric ester groups is 1. The molecule has 0 aliphatic heterocycles.